The van der Waals surface area contributed by atoms with E-state index in [-0.39, 0.29) is 5.91 Å². The summed E-state index contributed by atoms with van der Waals surface area (Å²) in [6, 6.07) is 15.6. The van der Waals surface area contributed by atoms with Gasteiger partial charge < -0.3 is 9.32 Å². The molecule has 25 heavy (non-hydrogen) atoms. The molecule has 0 spiro atoms. The maximum atomic E-state index is 12.7. The topological polar surface area (TPSA) is 66.3 Å². The first-order valence-corrected chi connectivity index (χ1v) is 8.65. The Morgan fingerprint density at radius 1 is 1.12 bits per heavy atom. The van der Waals surface area contributed by atoms with Crippen molar-refractivity contribution in [3.05, 3.63) is 70.2 Å². The zero-order valence-corrected chi connectivity index (χ0v) is 13.9. The molecular weight excluding hydrogens is 316 g/mol. The van der Waals surface area contributed by atoms with Crippen molar-refractivity contribution in [3.63, 3.8) is 0 Å². The lowest BCUT2D eigenvalue weighted by Crippen LogP contribution is -2.38. The maximum Gasteiger partial charge on any atom is 0.417 e. The third-order valence-corrected chi connectivity index (χ3v) is 4.94. The van der Waals surface area contributed by atoms with E-state index in [0.717, 1.165) is 32.4 Å². The molecule has 3 aromatic rings. The molecule has 1 saturated heterocycles. The molecule has 1 amide bonds. The Balaban J connectivity index is 1.41. The minimum atomic E-state index is -0.499. The highest BCUT2D eigenvalue weighted by Gasteiger charge is 2.24. The molecule has 0 unspecified atom stereocenters. The Morgan fingerprint density at radius 2 is 1.88 bits per heavy atom. The van der Waals surface area contributed by atoms with E-state index in [1.165, 1.54) is 5.56 Å². The van der Waals surface area contributed by atoms with Crippen LogP contribution in [-0.4, -0.2) is 28.9 Å². The second-order valence-corrected chi connectivity index (χ2v) is 6.65. The monoisotopic (exact) mass is 336 g/mol. The van der Waals surface area contributed by atoms with Gasteiger partial charge in [0.2, 0.25) is 0 Å². The third-order valence-electron chi connectivity index (χ3n) is 4.94. The van der Waals surface area contributed by atoms with Crippen molar-refractivity contribution < 1.29 is 9.21 Å². The number of likely N-dealkylation sites (tertiary alicyclic amines) is 1. The van der Waals surface area contributed by atoms with Gasteiger partial charge in [-0.1, -0.05) is 30.3 Å². The Morgan fingerprint density at radius 3 is 2.64 bits per heavy atom. The average molecular weight is 336 g/mol. The van der Waals surface area contributed by atoms with Crippen LogP contribution in [0.3, 0.4) is 0 Å². The van der Waals surface area contributed by atoms with Gasteiger partial charge in [0.05, 0.1) is 5.52 Å². The number of piperidine rings is 1. The first-order valence-electron chi connectivity index (χ1n) is 8.65. The standard InChI is InChI=1S/C20H20N2O3/c23-19(16-6-7-17-18(13-16)25-20(24)21-17)22-10-8-15(9-11-22)12-14-4-2-1-3-5-14/h1-7,13,15H,8-12H2,(H,21,24). The number of aromatic amines is 1. The van der Waals surface area contributed by atoms with Crippen LogP contribution < -0.4 is 5.76 Å². The predicted octanol–water partition coefficient (Wildman–Crippen LogP) is 3.22. The van der Waals surface area contributed by atoms with E-state index in [4.69, 9.17) is 4.42 Å². The SMILES string of the molecule is O=C(c1ccc2[nH]c(=O)oc2c1)N1CCC(Cc2ccccc2)CC1. The molecule has 0 saturated carbocycles. The van der Waals surface area contributed by atoms with Crippen LogP contribution in [0.5, 0.6) is 0 Å². The summed E-state index contributed by atoms with van der Waals surface area (Å²) in [7, 11) is 0. The zero-order chi connectivity index (χ0) is 17.2. The van der Waals surface area contributed by atoms with Crippen LogP contribution in [0.15, 0.2) is 57.7 Å². The van der Waals surface area contributed by atoms with E-state index in [1.807, 2.05) is 11.0 Å². The molecule has 0 bridgehead atoms. The van der Waals surface area contributed by atoms with Crippen molar-refractivity contribution in [2.24, 2.45) is 5.92 Å². The summed E-state index contributed by atoms with van der Waals surface area (Å²) >= 11 is 0. The molecule has 5 heteroatoms. The van der Waals surface area contributed by atoms with E-state index in [9.17, 15) is 9.59 Å². The second-order valence-electron chi connectivity index (χ2n) is 6.65. The van der Waals surface area contributed by atoms with Crippen molar-refractivity contribution in [1.82, 2.24) is 9.88 Å². The minimum Gasteiger partial charge on any atom is -0.408 e. The number of hydrogen-bond donors (Lipinski definition) is 1. The fraction of sp³-hybridized carbons (Fsp3) is 0.300. The molecule has 2 heterocycles. The lowest BCUT2D eigenvalue weighted by Gasteiger charge is -2.32. The predicted molar refractivity (Wildman–Crippen MR) is 95.6 cm³/mol. The molecule has 0 aliphatic carbocycles. The number of aromatic nitrogens is 1. The average Bonchev–Trinajstić information content (AvgIpc) is 3.02. The fourth-order valence-electron chi connectivity index (χ4n) is 3.55. The van der Waals surface area contributed by atoms with Gasteiger partial charge in [-0.15, -0.1) is 0 Å². The number of H-pyrrole nitrogens is 1. The van der Waals surface area contributed by atoms with Gasteiger partial charge in [-0.25, -0.2) is 4.79 Å². The molecule has 1 aromatic heterocycles. The van der Waals surface area contributed by atoms with Gasteiger partial charge >= 0.3 is 5.76 Å². The van der Waals surface area contributed by atoms with Crippen LogP contribution in [0.2, 0.25) is 0 Å². The highest BCUT2D eigenvalue weighted by Crippen LogP contribution is 2.23. The largest absolute Gasteiger partial charge is 0.417 e. The summed E-state index contributed by atoms with van der Waals surface area (Å²) < 4.78 is 5.05. The van der Waals surface area contributed by atoms with Crippen molar-refractivity contribution in [1.29, 1.82) is 0 Å². The molecule has 1 aliphatic rings. The van der Waals surface area contributed by atoms with Gasteiger partial charge in [-0.05, 0) is 48.9 Å². The molecular formula is C20H20N2O3. The van der Waals surface area contributed by atoms with Crippen LogP contribution in [0.25, 0.3) is 11.1 Å². The number of hydrogen-bond acceptors (Lipinski definition) is 3. The van der Waals surface area contributed by atoms with E-state index in [0.29, 0.717) is 22.6 Å². The highest BCUT2D eigenvalue weighted by molar-refractivity contribution is 5.97. The fourth-order valence-corrected chi connectivity index (χ4v) is 3.55. The molecule has 1 N–H and O–H groups in total. The molecule has 1 fully saturated rings. The number of carbonyl (C=O) groups excluding carboxylic acids is 1. The summed E-state index contributed by atoms with van der Waals surface area (Å²) in [6.45, 7) is 1.54. The lowest BCUT2D eigenvalue weighted by molar-refractivity contribution is 0.0690. The number of nitrogens with zero attached hydrogens (tertiary/aromatic N) is 1. The van der Waals surface area contributed by atoms with E-state index in [1.54, 1.807) is 18.2 Å². The third kappa shape index (κ3) is 3.36. The van der Waals surface area contributed by atoms with E-state index >= 15 is 0 Å². The zero-order valence-electron chi connectivity index (χ0n) is 13.9. The number of carbonyl (C=O) groups is 1. The Bertz CT molecular complexity index is 934. The highest BCUT2D eigenvalue weighted by atomic mass is 16.4. The number of benzene rings is 2. The Kier molecular flexibility index (Phi) is 4.14. The van der Waals surface area contributed by atoms with Gasteiger partial charge in [0, 0.05) is 18.7 Å². The van der Waals surface area contributed by atoms with Gasteiger partial charge in [-0.3, -0.25) is 9.78 Å². The first kappa shape index (κ1) is 15.7. The first-order chi connectivity index (χ1) is 12.2. The number of nitrogens with one attached hydrogen (secondary N) is 1. The van der Waals surface area contributed by atoms with Crippen LogP contribution in [0, 0.1) is 5.92 Å². The van der Waals surface area contributed by atoms with Crippen LogP contribution in [-0.2, 0) is 6.42 Å². The molecule has 128 valence electrons. The van der Waals surface area contributed by atoms with Crippen molar-refractivity contribution in [2.45, 2.75) is 19.3 Å². The van der Waals surface area contributed by atoms with Gasteiger partial charge in [0.25, 0.3) is 5.91 Å². The van der Waals surface area contributed by atoms with Gasteiger partial charge in [0.1, 0.15) is 0 Å². The van der Waals surface area contributed by atoms with Crippen molar-refractivity contribution in [2.75, 3.05) is 13.1 Å². The number of fused-ring (bicyclic) bond motifs is 1. The summed E-state index contributed by atoms with van der Waals surface area (Å²) in [5.74, 6) is 0.127. The molecule has 0 atom stereocenters. The minimum absolute atomic E-state index is 0.00362. The second kappa shape index (κ2) is 6.59. The summed E-state index contributed by atoms with van der Waals surface area (Å²) in [6.07, 6.45) is 3.10. The number of oxazole rings is 1. The molecule has 4 rings (SSSR count). The van der Waals surface area contributed by atoms with E-state index in [2.05, 4.69) is 29.2 Å². The van der Waals surface area contributed by atoms with Crippen molar-refractivity contribution >= 4 is 17.0 Å². The normalized spacial score (nSPS) is 15.6. The van der Waals surface area contributed by atoms with Gasteiger partial charge in [-0.2, -0.15) is 0 Å². The summed E-state index contributed by atoms with van der Waals surface area (Å²) in [4.78, 5) is 28.4. The summed E-state index contributed by atoms with van der Waals surface area (Å²) in [5, 5.41) is 0. The van der Waals surface area contributed by atoms with E-state index < -0.39 is 5.76 Å². The maximum absolute atomic E-state index is 12.7. The quantitative estimate of drug-likeness (QED) is 0.798. The van der Waals surface area contributed by atoms with Crippen LogP contribution in [0.1, 0.15) is 28.8 Å². The molecule has 5 nitrogen and oxygen atoms in total. The Labute approximate surface area is 145 Å². The molecule has 1 aliphatic heterocycles. The Hall–Kier alpha value is -2.82. The van der Waals surface area contributed by atoms with Crippen molar-refractivity contribution in [3.8, 4) is 0 Å². The van der Waals surface area contributed by atoms with Gasteiger partial charge in [0.15, 0.2) is 5.58 Å². The lowest BCUT2D eigenvalue weighted by atomic mass is 9.90. The molecule has 0 radical (unpaired) electrons. The number of amides is 1. The van der Waals surface area contributed by atoms with Crippen LogP contribution in [0.4, 0.5) is 0 Å². The number of rotatable bonds is 3. The summed E-state index contributed by atoms with van der Waals surface area (Å²) in [5.41, 5.74) is 2.97. The van der Waals surface area contributed by atoms with Crippen LogP contribution >= 0.6 is 0 Å². The molecule has 2 aromatic carbocycles. The smallest absolute Gasteiger partial charge is 0.408 e.